The van der Waals surface area contributed by atoms with Crippen LogP contribution in [0.1, 0.15) is 29.8 Å². The third-order valence-electron chi connectivity index (χ3n) is 2.80. The van der Waals surface area contributed by atoms with Crippen LogP contribution in [-0.4, -0.2) is 29.4 Å². The summed E-state index contributed by atoms with van der Waals surface area (Å²) >= 11 is 3.25. The molecule has 1 atom stereocenters. The van der Waals surface area contributed by atoms with E-state index < -0.39 is 6.04 Å². The summed E-state index contributed by atoms with van der Waals surface area (Å²) in [4.78, 5) is 27.6. The minimum absolute atomic E-state index is 0.113. The van der Waals surface area contributed by atoms with Crippen LogP contribution in [0.4, 0.5) is 0 Å². The van der Waals surface area contributed by atoms with Crippen LogP contribution in [-0.2, 0) is 4.79 Å². The zero-order valence-electron chi connectivity index (χ0n) is 9.78. The number of nitrogens with zero attached hydrogens (tertiary/aromatic N) is 1. The molecule has 1 aliphatic rings. The van der Waals surface area contributed by atoms with Crippen molar-refractivity contribution in [3.05, 3.63) is 28.5 Å². The monoisotopic (exact) mass is 311 g/mol. The lowest BCUT2D eigenvalue weighted by Gasteiger charge is -2.14. The molecule has 0 bridgehead atoms. The molecule has 0 saturated carbocycles. The Hall–Kier alpha value is -1.43. The van der Waals surface area contributed by atoms with Gasteiger partial charge in [-0.15, -0.1) is 0 Å². The Bertz CT molecular complexity index is 447. The van der Waals surface area contributed by atoms with E-state index in [-0.39, 0.29) is 11.8 Å². The van der Waals surface area contributed by atoms with E-state index in [1.807, 2.05) is 0 Å². The Morgan fingerprint density at radius 2 is 2.28 bits per heavy atom. The van der Waals surface area contributed by atoms with Gasteiger partial charge in [0.1, 0.15) is 11.7 Å². The summed E-state index contributed by atoms with van der Waals surface area (Å²) in [7, 11) is 0. The van der Waals surface area contributed by atoms with Gasteiger partial charge < -0.3 is 10.6 Å². The Kier molecular flexibility index (Phi) is 4.30. The molecule has 1 aliphatic heterocycles. The summed E-state index contributed by atoms with van der Waals surface area (Å²) in [5.41, 5.74) is 0.315. The molecule has 2 amide bonds. The van der Waals surface area contributed by atoms with Gasteiger partial charge in [-0.25, -0.2) is 4.98 Å². The molecular weight excluding hydrogens is 298 g/mol. The second-order valence-electron chi connectivity index (χ2n) is 4.17. The molecule has 1 aromatic rings. The van der Waals surface area contributed by atoms with E-state index in [2.05, 4.69) is 31.5 Å². The number of hydrogen-bond donors (Lipinski definition) is 2. The third-order valence-corrected chi connectivity index (χ3v) is 3.27. The van der Waals surface area contributed by atoms with Gasteiger partial charge >= 0.3 is 0 Å². The van der Waals surface area contributed by atoms with Crippen molar-refractivity contribution in [1.82, 2.24) is 15.6 Å². The quantitative estimate of drug-likeness (QED) is 0.863. The molecule has 1 unspecified atom stereocenters. The highest BCUT2D eigenvalue weighted by molar-refractivity contribution is 9.10. The average molecular weight is 312 g/mol. The number of carbonyl (C=O) groups is 2. The lowest BCUT2D eigenvalue weighted by Crippen LogP contribution is -2.45. The lowest BCUT2D eigenvalue weighted by molar-refractivity contribution is -0.122. The Balaban J connectivity index is 2.01. The van der Waals surface area contributed by atoms with E-state index >= 15 is 0 Å². The van der Waals surface area contributed by atoms with Crippen LogP contribution in [0.15, 0.2) is 22.8 Å². The van der Waals surface area contributed by atoms with Crippen molar-refractivity contribution >= 4 is 27.7 Å². The first-order valence-electron chi connectivity index (χ1n) is 5.87. The van der Waals surface area contributed by atoms with E-state index in [9.17, 15) is 9.59 Å². The molecule has 6 heteroatoms. The topological polar surface area (TPSA) is 71.1 Å². The summed E-state index contributed by atoms with van der Waals surface area (Å²) in [6.45, 7) is 0.682. The van der Waals surface area contributed by atoms with Crippen LogP contribution in [0.2, 0.25) is 0 Å². The molecule has 1 aromatic heterocycles. The summed E-state index contributed by atoms with van der Waals surface area (Å²) < 4.78 is 0.811. The van der Waals surface area contributed by atoms with Crippen molar-refractivity contribution in [2.24, 2.45) is 0 Å². The van der Waals surface area contributed by atoms with Gasteiger partial charge in [0.15, 0.2) is 0 Å². The maximum Gasteiger partial charge on any atom is 0.270 e. The predicted octanol–water partition coefficient (Wildman–Crippen LogP) is 1.24. The zero-order chi connectivity index (χ0) is 13.0. The van der Waals surface area contributed by atoms with Crippen molar-refractivity contribution in [2.75, 3.05) is 6.54 Å². The SMILES string of the molecule is O=C(NC1CCCCNC1=O)c1ccc(Br)cn1. The smallest absolute Gasteiger partial charge is 0.270 e. The second kappa shape index (κ2) is 5.95. The van der Waals surface area contributed by atoms with Crippen LogP contribution in [0, 0.1) is 0 Å². The molecule has 1 fully saturated rings. The number of halogens is 1. The van der Waals surface area contributed by atoms with E-state index in [1.165, 1.54) is 0 Å². The lowest BCUT2D eigenvalue weighted by atomic mass is 10.1. The Morgan fingerprint density at radius 3 is 3.00 bits per heavy atom. The minimum Gasteiger partial charge on any atom is -0.354 e. The number of pyridine rings is 1. The maximum absolute atomic E-state index is 11.9. The van der Waals surface area contributed by atoms with Gasteiger partial charge in [0.25, 0.3) is 5.91 Å². The van der Waals surface area contributed by atoms with Gasteiger partial charge in [-0.3, -0.25) is 9.59 Å². The first-order chi connectivity index (χ1) is 8.66. The first kappa shape index (κ1) is 13.0. The molecule has 0 aliphatic carbocycles. The van der Waals surface area contributed by atoms with Crippen molar-refractivity contribution in [3.63, 3.8) is 0 Å². The van der Waals surface area contributed by atoms with Gasteiger partial charge in [-0.1, -0.05) is 0 Å². The van der Waals surface area contributed by atoms with Crippen LogP contribution in [0.3, 0.4) is 0 Å². The Labute approximate surface area is 113 Å². The number of carbonyl (C=O) groups excluding carboxylic acids is 2. The Morgan fingerprint density at radius 1 is 1.44 bits per heavy atom. The molecule has 5 nitrogen and oxygen atoms in total. The highest BCUT2D eigenvalue weighted by Crippen LogP contribution is 2.09. The molecule has 96 valence electrons. The number of aromatic nitrogens is 1. The summed E-state index contributed by atoms with van der Waals surface area (Å²) in [5.74, 6) is -0.428. The zero-order valence-corrected chi connectivity index (χ0v) is 11.4. The van der Waals surface area contributed by atoms with Crippen LogP contribution >= 0.6 is 15.9 Å². The molecular formula is C12H14BrN3O2. The van der Waals surface area contributed by atoms with E-state index in [0.717, 1.165) is 17.3 Å². The molecule has 1 saturated heterocycles. The van der Waals surface area contributed by atoms with E-state index in [4.69, 9.17) is 0 Å². The van der Waals surface area contributed by atoms with Gasteiger partial charge in [0.05, 0.1) is 0 Å². The fourth-order valence-electron chi connectivity index (χ4n) is 1.82. The largest absolute Gasteiger partial charge is 0.354 e. The fraction of sp³-hybridized carbons (Fsp3) is 0.417. The van der Waals surface area contributed by atoms with Crippen molar-refractivity contribution < 1.29 is 9.59 Å². The number of rotatable bonds is 2. The first-order valence-corrected chi connectivity index (χ1v) is 6.66. The highest BCUT2D eigenvalue weighted by atomic mass is 79.9. The summed E-state index contributed by atoms with van der Waals surface area (Å²) in [5, 5.41) is 5.49. The number of amides is 2. The molecule has 0 spiro atoms. The summed E-state index contributed by atoms with van der Waals surface area (Å²) in [6, 6.07) is 2.91. The van der Waals surface area contributed by atoms with Crippen LogP contribution in [0.25, 0.3) is 0 Å². The van der Waals surface area contributed by atoms with Gasteiger partial charge in [-0.2, -0.15) is 0 Å². The third kappa shape index (κ3) is 3.29. The van der Waals surface area contributed by atoms with E-state index in [1.54, 1.807) is 18.3 Å². The highest BCUT2D eigenvalue weighted by Gasteiger charge is 2.23. The molecule has 2 N–H and O–H groups in total. The minimum atomic E-state index is -0.453. The van der Waals surface area contributed by atoms with Crippen molar-refractivity contribution in [1.29, 1.82) is 0 Å². The normalized spacial score (nSPS) is 19.8. The molecule has 0 aromatic carbocycles. The molecule has 0 radical (unpaired) electrons. The average Bonchev–Trinajstić information content (AvgIpc) is 2.56. The number of hydrogen-bond acceptors (Lipinski definition) is 3. The van der Waals surface area contributed by atoms with Crippen LogP contribution < -0.4 is 10.6 Å². The maximum atomic E-state index is 11.9. The summed E-state index contributed by atoms with van der Waals surface area (Å²) in [6.07, 6.45) is 4.11. The van der Waals surface area contributed by atoms with Gasteiger partial charge in [0.2, 0.25) is 5.91 Å². The van der Waals surface area contributed by atoms with Crippen molar-refractivity contribution in [2.45, 2.75) is 25.3 Å². The molecule has 2 heterocycles. The van der Waals surface area contributed by atoms with Gasteiger partial charge in [0, 0.05) is 17.2 Å². The molecule has 2 rings (SSSR count). The predicted molar refractivity (Wildman–Crippen MR) is 70.1 cm³/mol. The van der Waals surface area contributed by atoms with Gasteiger partial charge in [-0.05, 0) is 47.3 Å². The fourth-order valence-corrected chi connectivity index (χ4v) is 2.05. The molecule has 18 heavy (non-hydrogen) atoms. The van der Waals surface area contributed by atoms with Crippen LogP contribution in [0.5, 0.6) is 0 Å². The van der Waals surface area contributed by atoms with Crippen molar-refractivity contribution in [3.8, 4) is 0 Å². The number of nitrogens with one attached hydrogen (secondary N) is 2. The second-order valence-corrected chi connectivity index (χ2v) is 5.09. The standard InChI is InChI=1S/C12H14BrN3O2/c13-8-4-5-9(15-7-8)12(18)16-10-3-1-2-6-14-11(10)17/h4-5,7,10H,1-3,6H2,(H,14,17)(H,16,18). The van der Waals surface area contributed by atoms with E-state index in [0.29, 0.717) is 18.7 Å².